The molecule has 9 rings (SSSR count). The zero-order chi connectivity index (χ0) is 36.2. The SMILES string of the molecule is Cc1cc(Cl)cc(-c2cc3ccc(=O)[nH]c3nc2-c2cccc(-c3cnc4ccc(-c5cc6c(=O)cc[nH]c6nc5-c5ccc(F)cc5)cc4c3)c2)c1. The van der Waals surface area contributed by atoms with Crippen molar-refractivity contribution in [2.45, 2.75) is 6.92 Å². The number of nitrogens with zero attached hydrogens (tertiary/aromatic N) is 3. The van der Waals surface area contributed by atoms with Crippen molar-refractivity contribution >= 4 is 44.6 Å². The summed E-state index contributed by atoms with van der Waals surface area (Å²) in [5.41, 5.74) is 10.4. The number of nitrogens with one attached hydrogen (secondary N) is 2. The second kappa shape index (κ2) is 12.8. The molecule has 0 atom stereocenters. The Morgan fingerprint density at radius 2 is 1.38 bits per heavy atom. The van der Waals surface area contributed by atoms with E-state index in [-0.39, 0.29) is 16.8 Å². The first-order valence-corrected chi connectivity index (χ1v) is 17.2. The van der Waals surface area contributed by atoms with Gasteiger partial charge in [-0.2, -0.15) is 0 Å². The monoisotopic (exact) mass is 711 g/mol. The quantitative estimate of drug-likeness (QED) is 0.185. The molecule has 0 radical (unpaired) electrons. The fraction of sp³-hybridized carbons (Fsp3) is 0.0227. The molecule has 0 aliphatic rings. The van der Waals surface area contributed by atoms with Crippen LogP contribution in [0.2, 0.25) is 5.02 Å². The number of rotatable bonds is 5. The van der Waals surface area contributed by atoms with Gasteiger partial charge in [-0.05, 0) is 108 Å². The lowest BCUT2D eigenvalue weighted by molar-refractivity contribution is 0.628. The van der Waals surface area contributed by atoms with Crippen molar-refractivity contribution in [2.24, 2.45) is 0 Å². The summed E-state index contributed by atoms with van der Waals surface area (Å²) in [6.45, 7) is 2.00. The number of hydrogen-bond donors (Lipinski definition) is 2. The first kappa shape index (κ1) is 32.2. The summed E-state index contributed by atoms with van der Waals surface area (Å²) in [5.74, 6) is -0.347. The number of benzene rings is 4. The lowest BCUT2D eigenvalue weighted by Gasteiger charge is -2.14. The molecule has 2 N–H and O–H groups in total. The highest BCUT2D eigenvalue weighted by molar-refractivity contribution is 6.31. The molecule has 0 aliphatic carbocycles. The summed E-state index contributed by atoms with van der Waals surface area (Å²) in [5, 5.41) is 2.77. The maximum atomic E-state index is 13.9. The number of aromatic nitrogens is 5. The highest BCUT2D eigenvalue weighted by Crippen LogP contribution is 2.38. The zero-order valence-electron chi connectivity index (χ0n) is 28.1. The first-order chi connectivity index (χ1) is 25.8. The van der Waals surface area contributed by atoms with E-state index in [0.717, 1.165) is 66.4 Å². The van der Waals surface area contributed by atoms with Gasteiger partial charge in [0, 0.05) is 68.1 Å². The van der Waals surface area contributed by atoms with Crippen LogP contribution in [-0.2, 0) is 0 Å². The fourth-order valence-electron chi connectivity index (χ4n) is 6.86. The minimum atomic E-state index is -0.347. The number of H-pyrrole nitrogens is 2. The summed E-state index contributed by atoms with van der Waals surface area (Å²) < 4.78 is 13.9. The van der Waals surface area contributed by atoms with Gasteiger partial charge in [0.2, 0.25) is 5.56 Å². The van der Waals surface area contributed by atoms with E-state index >= 15 is 0 Å². The molecule has 0 fully saturated rings. The van der Waals surface area contributed by atoms with Crippen molar-refractivity contribution in [2.75, 3.05) is 0 Å². The molecule has 0 aliphatic heterocycles. The molecule has 4 aromatic carbocycles. The number of aryl methyl sites for hydroxylation is 1. The lowest BCUT2D eigenvalue weighted by Crippen LogP contribution is -2.04. The molecule has 9 aromatic rings. The molecule has 5 heterocycles. The smallest absolute Gasteiger partial charge is 0.249 e. The van der Waals surface area contributed by atoms with Crippen molar-refractivity contribution in [3.8, 4) is 55.9 Å². The van der Waals surface area contributed by atoms with Gasteiger partial charge in [-0.3, -0.25) is 14.6 Å². The van der Waals surface area contributed by atoms with Crippen LogP contribution in [0.25, 0.3) is 88.9 Å². The van der Waals surface area contributed by atoms with E-state index in [1.165, 1.54) is 24.3 Å². The van der Waals surface area contributed by atoms with Crippen LogP contribution in [0, 0.1) is 12.7 Å². The van der Waals surface area contributed by atoms with Crippen LogP contribution in [0.4, 0.5) is 4.39 Å². The predicted molar refractivity (Wildman–Crippen MR) is 210 cm³/mol. The molecule has 254 valence electrons. The fourth-order valence-corrected chi connectivity index (χ4v) is 7.15. The molecule has 0 amide bonds. The summed E-state index contributed by atoms with van der Waals surface area (Å²) in [6, 6.07) is 36.7. The van der Waals surface area contributed by atoms with E-state index in [2.05, 4.69) is 28.2 Å². The van der Waals surface area contributed by atoms with Crippen molar-refractivity contribution in [3.63, 3.8) is 0 Å². The molecule has 7 nitrogen and oxygen atoms in total. The Bertz CT molecular complexity index is 3030. The Morgan fingerprint density at radius 1 is 0.623 bits per heavy atom. The molecule has 9 heteroatoms. The van der Waals surface area contributed by atoms with E-state index in [1.54, 1.807) is 24.4 Å². The second-order valence-electron chi connectivity index (χ2n) is 13.0. The van der Waals surface area contributed by atoms with Gasteiger partial charge in [-0.25, -0.2) is 14.4 Å². The Balaban J connectivity index is 1.18. The maximum Gasteiger partial charge on any atom is 0.249 e. The first-order valence-electron chi connectivity index (χ1n) is 16.9. The van der Waals surface area contributed by atoms with Gasteiger partial charge in [0.15, 0.2) is 5.43 Å². The van der Waals surface area contributed by atoms with Crippen molar-refractivity contribution < 1.29 is 4.39 Å². The number of aromatic amines is 2. The minimum absolute atomic E-state index is 0.149. The molecule has 0 saturated carbocycles. The summed E-state index contributed by atoms with van der Waals surface area (Å²) >= 11 is 6.51. The van der Waals surface area contributed by atoms with Gasteiger partial charge in [0.25, 0.3) is 0 Å². The third-order valence-electron chi connectivity index (χ3n) is 9.38. The topological polar surface area (TPSA) is 104 Å². The number of halogens is 2. The second-order valence-corrected chi connectivity index (χ2v) is 13.4. The molecular weight excluding hydrogens is 685 g/mol. The van der Waals surface area contributed by atoms with Crippen LogP contribution < -0.4 is 11.0 Å². The van der Waals surface area contributed by atoms with Crippen LogP contribution in [0.5, 0.6) is 0 Å². The number of hydrogen-bond acceptors (Lipinski definition) is 5. The largest absolute Gasteiger partial charge is 0.346 e. The van der Waals surface area contributed by atoms with E-state index in [1.807, 2.05) is 73.8 Å². The molecule has 0 bridgehead atoms. The minimum Gasteiger partial charge on any atom is -0.346 e. The van der Waals surface area contributed by atoms with Gasteiger partial charge in [-0.15, -0.1) is 0 Å². The third kappa shape index (κ3) is 6.05. The molecule has 0 unspecified atom stereocenters. The van der Waals surface area contributed by atoms with Crippen molar-refractivity contribution in [3.05, 3.63) is 171 Å². The standard InChI is InChI=1S/C44H27ClFN5O2/c1-24-15-30(20-33(45)16-24)35-21-29-8-12-40(53)49-43(29)50-42(35)28-4-2-3-26(17-28)32-19-31-18-27(7-11-38(31)48-23-32)36-22-37-39(52)13-14-47-44(37)51-41(36)25-5-9-34(46)10-6-25/h2-23H,1H3,(H,47,51,52)(H,49,50,53). The Kier molecular flexibility index (Phi) is 7.75. The highest BCUT2D eigenvalue weighted by Gasteiger charge is 2.17. The van der Waals surface area contributed by atoms with Crippen LogP contribution in [0.15, 0.2) is 143 Å². The van der Waals surface area contributed by atoms with E-state index < -0.39 is 0 Å². The van der Waals surface area contributed by atoms with Gasteiger partial charge in [-0.1, -0.05) is 41.9 Å². The van der Waals surface area contributed by atoms with Crippen LogP contribution in [0.1, 0.15) is 5.56 Å². The normalized spacial score (nSPS) is 11.5. The van der Waals surface area contributed by atoms with E-state index in [9.17, 15) is 14.0 Å². The zero-order valence-corrected chi connectivity index (χ0v) is 28.9. The van der Waals surface area contributed by atoms with Gasteiger partial charge in [0.1, 0.15) is 17.1 Å². The average Bonchev–Trinajstić information content (AvgIpc) is 3.16. The summed E-state index contributed by atoms with van der Waals surface area (Å²) in [4.78, 5) is 45.7. The summed E-state index contributed by atoms with van der Waals surface area (Å²) in [6.07, 6.45) is 3.41. The Labute approximate surface area is 306 Å². The van der Waals surface area contributed by atoms with Crippen LogP contribution in [-0.4, -0.2) is 24.9 Å². The van der Waals surface area contributed by atoms with E-state index in [4.69, 9.17) is 26.6 Å². The lowest BCUT2D eigenvalue weighted by atomic mass is 9.94. The maximum absolute atomic E-state index is 13.9. The Morgan fingerprint density at radius 3 is 2.23 bits per heavy atom. The Hall–Kier alpha value is -6.77. The van der Waals surface area contributed by atoms with Gasteiger partial charge < -0.3 is 9.97 Å². The van der Waals surface area contributed by atoms with Crippen LogP contribution in [0.3, 0.4) is 0 Å². The number of pyridine rings is 5. The third-order valence-corrected chi connectivity index (χ3v) is 9.60. The molecule has 0 spiro atoms. The molecule has 53 heavy (non-hydrogen) atoms. The number of fused-ring (bicyclic) bond motifs is 3. The predicted octanol–water partition coefficient (Wildman–Crippen LogP) is 10.1. The highest BCUT2D eigenvalue weighted by atomic mass is 35.5. The van der Waals surface area contributed by atoms with Gasteiger partial charge >= 0.3 is 0 Å². The molecule has 5 aromatic heterocycles. The molecular formula is C44H27ClFN5O2. The van der Waals surface area contributed by atoms with Gasteiger partial charge in [0.05, 0.1) is 22.3 Å². The molecule has 0 saturated heterocycles. The van der Waals surface area contributed by atoms with E-state index in [0.29, 0.717) is 33.1 Å². The average molecular weight is 712 g/mol. The summed E-state index contributed by atoms with van der Waals surface area (Å²) in [7, 11) is 0. The van der Waals surface area contributed by atoms with Crippen LogP contribution >= 0.6 is 11.6 Å². The van der Waals surface area contributed by atoms with Crippen molar-refractivity contribution in [1.29, 1.82) is 0 Å². The van der Waals surface area contributed by atoms with Crippen molar-refractivity contribution in [1.82, 2.24) is 24.9 Å².